The molecule has 0 radical (unpaired) electrons. The molecular weight excluding hydrogens is 348 g/mol. The third kappa shape index (κ3) is 4.83. The lowest BCUT2D eigenvalue weighted by atomic mass is 9.88. The third-order valence-corrected chi connectivity index (χ3v) is 4.79. The zero-order chi connectivity index (χ0) is 19.9. The van der Waals surface area contributed by atoms with E-state index in [1.165, 1.54) is 4.90 Å². The molecule has 0 aromatic heterocycles. The zero-order valence-electron chi connectivity index (χ0n) is 15.4. The minimum atomic E-state index is -0.976. The summed E-state index contributed by atoms with van der Waals surface area (Å²) in [5.74, 6) is 0. The van der Waals surface area contributed by atoms with Gasteiger partial charge in [-0.1, -0.05) is 6.92 Å². The van der Waals surface area contributed by atoms with Crippen molar-refractivity contribution < 1.29 is 19.5 Å². The van der Waals surface area contributed by atoms with Crippen molar-refractivity contribution in [2.45, 2.75) is 38.2 Å². The van der Waals surface area contributed by atoms with Crippen molar-refractivity contribution >= 4 is 30.1 Å². The van der Waals surface area contributed by atoms with E-state index >= 15 is 0 Å². The Morgan fingerprint density at radius 1 is 1.41 bits per heavy atom. The minimum Gasteiger partial charge on any atom is -0.389 e. The number of aldehydes is 1. The number of aliphatic hydroxyl groups is 1. The van der Waals surface area contributed by atoms with E-state index in [0.717, 1.165) is 12.0 Å². The molecule has 1 heterocycles. The number of imide groups is 1. The van der Waals surface area contributed by atoms with Crippen molar-refractivity contribution in [2.24, 2.45) is 0 Å². The van der Waals surface area contributed by atoms with E-state index in [-0.39, 0.29) is 6.42 Å². The molecule has 1 aliphatic heterocycles. The number of anilines is 2. The first-order chi connectivity index (χ1) is 13.0. The molecule has 0 spiro atoms. The van der Waals surface area contributed by atoms with Crippen LogP contribution in [0.25, 0.3) is 0 Å². The Balaban J connectivity index is 2.23. The minimum absolute atomic E-state index is 0.114. The molecule has 2 rings (SSSR count). The second-order valence-electron chi connectivity index (χ2n) is 6.61. The summed E-state index contributed by atoms with van der Waals surface area (Å²) in [5, 5.41) is 22.0. The first-order valence-corrected chi connectivity index (χ1v) is 8.94. The maximum absolute atomic E-state index is 12.1. The summed E-state index contributed by atoms with van der Waals surface area (Å²) < 4.78 is 0. The summed E-state index contributed by atoms with van der Waals surface area (Å²) >= 11 is 0. The predicted octanol–water partition coefficient (Wildman–Crippen LogP) is 1.56. The summed E-state index contributed by atoms with van der Waals surface area (Å²) in [6, 6.07) is 6.76. The molecule has 144 valence electrons. The van der Waals surface area contributed by atoms with Crippen LogP contribution in [0.4, 0.5) is 16.2 Å². The number of hydrogen-bond donors (Lipinski definition) is 2. The molecule has 1 saturated heterocycles. The van der Waals surface area contributed by atoms with Crippen LogP contribution in [0.1, 0.15) is 38.2 Å². The highest BCUT2D eigenvalue weighted by molar-refractivity contribution is 5.97. The average Bonchev–Trinajstić information content (AvgIpc) is 2.66. The van der Waals surface area contributed by atoms with Crippen LogP contribution in [-0.4, -0.2) is 49.1 Å². The van der Waals surface area contributed by atoms with Gasteiger partial charge in [-0.25, -0.2) is 4.79 Å². The van der Waals surface area contributed by atoms with E-state index in [9.17, 15) is 24.8 Å². The molecular formula is C19H24N4O4. The van der Waals surface area contributed by atoms with Gasteiger partial charge in [-0.2, -0.15) is 5.26 Å². The van der Waals surface area contributed by atoms with Gasteiger partial charge in [-0.15, -0.1) is 0 Å². The monoisotopic (exact) mass is 372 g/mol. The predicted molar refractivity (Wildman–Crippen MR) is 100 cm³/mol. The topological polar surface area (TPSA) is 114 Å². The van der Waals surface area contributed by atoms with Crippen molar-refractivity contribution in [3.05, 3.63) is 23.8 Å². The molecule has 1 aromatic rings. The van der Waals surface area contributed by atoms with Gasteiger partial charge < -0.3 is 14.8 Å². The van der Waals surface area contributed by atoms with Crippen LogP contribution < -0.4 is 15.1 Å². The smallest absolute Gasteiger partial charge is 0.328 e. The van der Waals surface area contributed by atoms with Gasteiger partial charge in [-0.3, -0.25) is 15.0 Å². The van der Waals surface area contributed by atoms with Gasteiger partial charge in [0.05, 0.1) is 16.9 Å². The van der Waals surface area contributed by atoms with E-state index in [0.29, 0.717) is 56.6 Å². The second kappa shape index (κ2) is 9.14. The lowest BCUT2D eigenvalue weighted by Crippen LogP contribution is -2.45. The Morgan fingerprint density at radius 2 is 2.11 bits per heavy atom. The first-order valence-electron chi connectivity index (χ1n) is 8.94. The summed E-state index contributed by atoms with van der Waals surface area (Å²) in [7, 11) is 0. The van der Waals surface area contributed by atoms with E-state index in [2.05, 4.69) is 11.4 Å². The van der Waals surface area contributed by atoms with E-state index in [4.69, 9.17) is 0 Å². The SMILES string of the molecule is CCCN(C(=O)NC=O)c1ccc(N2CCC(O)(CC=O)CC2)c(C#N)c1. The molecule has 0 unspecified atom stereocenters. The lowest BCUT2D eigenvalue weighted by molar-refractivity contribution is -0.113. The molecule has 27 heavy (non-hydrogen) atoms. The summed E-state index contributed by atoms with van der Waals surface area (Å²) in [6.07, 6.45) is 2.76. The third-order valence-electron chi connectivity index (χ3n) is 4.79. The Hall–Kier alpha value is -2.92. The Bertz CT molecular complexity index is 736. The van der Waals surface area contributed by atoms with Gasteiger partial charge in [0.25, 0.3) is 0 Å². The van der Waals surface area contributed by atoms with Gasteiger partial charge in [0, 0.05) is 31.7 Å². The van der Waals surface area contributed by atoms with Crippen LogP contribution in [0, 0.1) is 11.3 Å². The number of piperidine rings is 1. The quantitative estimate of drug-likeness (QED) is 0.702. The van der Waals surface area contributed by atoms with Gasteiger partial charge >= 0.3 is 6.03 Å². The molecule has 8 heteroatoms. The maximum Gasteiger partial charge on any atom is 0.328 e. The number of carbonyl (C=O) groups excluding carboxylic acids is 3. The maximum atomic E-state index is 12.1. The van der Waals surface area contributed by atoms with Crippen LogP contribution in [-0.2, 0) is 9.59 Å². The van der Waals surface area contributed by atoms with Gasteiger partial charge in [0.2, 0.25) is 6.41 Å². The van der Waals surface area contributed by atoms with Crippen LogP contribution in [0.15, 0.2) is 18.2 Å². The fourth-order valence-corrected chi connectivity index (χ4v) is 3.28. The fourth-order valence-electron chi connectivity index (χ4n) is 3.28. The van der Waals surface area contributed by atoms with Gasteiger partial charge in [0.1, 0.15) is 12.4 Å². The highest BCUT2D eigenvalue weighted by Gasteiger charge is 2.32. The van der Waals surface area contributed by atoms with Crippen molar-refractivity contribution in [3.8, 4) is 6.07 Å². The van der Waals surface area contributed by atoms with Crippen molar-refractivity contribution in [1.29, 1.82) is 5.26 Å². The molecule has 2 N–H and O–H groups in total. The summed E-state index contributed by atoms with van der Waals surface area (Å²) in [4.78, 5) is 36.8. The molecule has 8 nitrogen and oxygen atoms in total. The summed E-state index contributed by atoms with van der Waals surface area (Å²) in [6.45, 7) is 3.38. The van der Waals surface area contributed by atoms with E-state index < -0.39 is 11.6 Å². The van der Waals surface area contributed by atoms with Crippen LogP contribution in [0.3, 0.4) is 0 Å². The lowest BCUT2D eigenvalue weighted by Gasteiger charge is -2.38. The molecule has 1 aromatic carbocycles. The van der Waals surface area contributed by atoms with Crippen molar-refractivity contribution in [2.75, 3.05) is 29.4 Å². The highest BCUT2D eigenvalue weighted by Crippen LogP contribution is 2.32. The van der Waals surface area contributed by atoms with Crippen LogP contribution in [0.2, 0.25) is 0 Å². The summed E-state index contributed by atoms with van der Waals surface area (Å²) in [5.41, 5.74) is 0.691. The van der Waals surface area contributed by atoms with E-state index in [1.54, 1.807) is 18.2 Å². The Morgan fingerprint density at radius 3 is 2.67 bits per heavy atom. The molecule has 0 bridgehead atoms. The number of amides is 3. The molecule has 3 amide bonds. The Labute approximate surface area is 158 Å². The number of urea groups is 1. The molecule has 0 aliphatic carbocycles. The molecule has 1 fully saturated rings. The van der Waals surface area contributed by atoms with E-state index in [1.807, 2.05) is 11.8 Å². The van der Waals surface area contributed by atoms with Gasteiger partial charge in [-0.05, 0) is 37.5 Å². The zero-order valence-corrected chi connectivity index (χ0v) is 15.4. The van der Waals surface area contributed by atoms with Crippen molar-refractivity contribution in [3.63, 3.8) is 0 Å². The van der Waals surface area contributed by atoms with Gasteiger partial charge in [0.15, 0.2) is 0 Å². The standard InChI is InChI=1S/C19H24N4O4/c1-2-8-23(18(26)21-14-25)16-3-4-17(15(12-16)13-20)22-9-5-19(27,6-10-22)7-11-24/h3-4,11-12,14,27H,2,5-10H2,1H3,(H,21,25,26). The van der Waals surface area contributed by atoms with Crippen LogP contribution in [0.5, 0.6) is 0 Å². The average molecular weight is 372 g/mol. The highest BCUT2D eigenvalue weighted by atomic mass is 16.3. The van der Waals surface area contributed by atoms with Crippen molar-refractivity contribution in [1.82, 2.24) is 5.32 Å². The number of nitrogens with one attached hydrogen (secondary N) is 1. The van der Waals surface area contributed by atoms with Crippen LogP contribution >= 0.6 is 0 Å². The fraction of sp³-hybridized carbons (Fsp3) is 0.474. The number of rotatable bonds is 7. The first kappa shape index (κ1) is 20.4. The largest absolute Gasteiger partial charge is 0.389 e. The molecule has 1 aliphatic rings. The normalized spacial score (nSPS) is 15.5. The number of benzene rings is 1. The Kier molecular flexibility index (Phi) is 6.91. The second-order valence-corrected chi connectivity index (χ2v) is 6.61. The molecule has 0 saturated carbocycles. The number of carbonyl (C=O) groups is 3. The number of nitrogens with zero attached hydrogens (tertiary/aromatic N) is 3. The molecule has 0 atom stereocenters. The number of hydrogen-bond acceptors (Lipinski definition) is 6. The number of nitriles is 1.